The van der Waals surface area contributed by atoms with Crippen molar-refractivity contribution in [3.8, 4) is 0 Å². The van der Waals surface area contributed by atoms with E-state index >= 15 is 0 Å². The molecule has 0 fully saturated rings. The molecular weight excluding hydrogens is 254 g/mol. The summed E-state index contributed by atoms with van der Waals surface area (Å²) < 4.78 is 4.82. The number of aromatic nitrogens is 1. The van der Waals surface area contributed by atoms with E-state index in [-0.39, 0.29) is 5.97 Å². The third-order valence-electron chi connectivity index (χ3n) is 1.85. The molecule has 0 aliphatic rings. The van der Waals surface area contributed by atoms with Crippen LogP contribution in [0.1, 0.15) is 13.3 Å². The van der Waals surface area contributed by atoms with Crippen molar-refractivity contribution in [2.75, 3.05) is 12.4 Å². The van der Waals surface area contributed by atoms with Crippen molar-refractivity contribution in [3.63, 3.8) is 0 Å². The fraction of sp³-hybridized carbons (Fsp3) is 0.364. The Hall–Kier alpha value is -1.60. The van der Waals surface area contributed by atoms with E-state index in [1.165, 1.54) is 11.8 Å². The number of rotatable bonds is 7. The molecule has 0 aliphatic carbocycles. The van der Waals surface area contributed by atoms with Crippen molar-refractivity contribution in [1.82, 2.24) is 10.5 Å². The summed E-state index contributed by atoms with van der Waals surface area (Å²) in [5.74, 6) is 0.437. The molecule has 18 heavy (non-hydrogen) atoms. The van der Waals surface area contributed by atoms with Crippen molar-refractivity contribution < 1.29 is 14.7 Å². The zero-order valence-electron chi connectivity index (χ0n) is 10.00. The monoisotopic (exact) mass is 269 g/mol. The van der Waals surface area contributed by atoms with Crippen LogP contribution in [0.2, 0.25) is 0 Å². The van der Waals surface area contributed by atoms with Gasteiger partial charge in [0.1, 0.15) is 6.34 Å². The molecule has 0 amide bonds. The van der Waals surface area contributed by atoms with E-state index in [1.54, 1.807) is 25.3 Å². The summed E-state index contributed by atoms with van der Waals surface area (Å²) in [6.45, 7) is 2.19. The molecule has 0 saturated heterocycles. The molecule has 0 aliphatic heterocycles. The van der Waals surface area contributed by atoms with E-state index in [2.05, 4.69) is 9.98 Å². The molecule has 1 rings (SSSR count). The maximum Gasteiger partial charge on any atom is 0.306 e. The number of hydrogen-bond acceptors (Lipinski definition) is 6. The molecule has 1 aromatic heterocycles. The Morgan fingerprint density at radius 2 is 2.50 bits per heavy atom. The van der Waals surface area contributed by atoms with Gasteiger partial charge < -0.3 is 4.74 Å². The van der Waals surface area contributed by atoms with Gasteiger partial charge in [0.15, 0.2) is 0 Å². The van der Waals surface area contributed by atoms with E-state index in [0.29, 0.717) is 24.5 Å². The van der Waals surface area contributed by atoms with Gasteiger partial charge in [-0.05, 0) is 19.1 Å². The highest BCUT2D eigenvalue weighted by Gasteiger charge is 2.02. The molecule has 0 spiro atoms. The lowest BCUT2D eigenvalue weighted by Crippen LogP contribution is -2.04. The Morgan fingerprint density at radius 1 is 1.67 bits per heavy atom. The second-order valence-corrected chi connectivity index (χ2v) is 4.26. The van der Waals surface area contributed by atoms with Crippen LogP contribution in [0.3, 0.4) is 0 Å². The van der Waals surface area contributed by atoms with E-state index in [0.717, 1.165) is 11.4 Å². The number of carbonyl (C=O) groups excluding carboxylic acids is 1. The van der Waals surface area contributed by atoms with E-state index in [4.69, 9.17) is 9.94 Å². The molecule has 0 aromatic carbocycles. The summed E-state index contributed by atoms with van der Waals surface area (Å²) in [6, 6.07) is 3.58. The molecule has 7 heteroatoms. The highest BCUT2D eigenvalue weighted by atomic mass is 32.2. The van der Waals surface area contributed by atoms with Gasteiger partial charge in [-0.1, -0.05) is 0 Å². The maximum atomic E-state index is 11.1. The smallest absolute Gasteiger partial charge is 0.306 e. The SMILES string of the molecule is CCOC(=O)CCSc1ccc(N=CNO)cn1. The summed E-state index contributed by atoms with van der Waals surface area (Å²) in [5, 5.41) is 9.14. The number of esters is 1. The van der Waals surface area contributed by atoms with Gasteiger partial charge in [0, 0.05) is 5.75 Å². The summed E-state index contributed by atoms with van der Waals surface area (Å²) >= 11 is 1.48. The minimum atomic E-state index is -0.194. The molecule has 2 N–H and O–H groups in total. The Kier molecular flexibility index (Phi) is 6.82. The third kappa shape index (κ3) is 5.65. The van der Waals surface area contributed by atoms with Gasteiger partial charge in [-0.15, -0.1) is 11.8 Å². The van der Waals surface area contributed by atoms with Gasteiger partial charge in [0.2, 0.25) is 0 Å². The second-order valence-electron chi connectivity index (χ2n) is 3.15. The Morgan fingerprint density at radius 3 is 3.11 bits per heavy atom. The number of ether oxygens (including phenoxy) is 1. The first-order valence-electron chi connectivity index (χ1n) is 5.43. The second kappa shape index (κ2) is 8.48. The van der Waals surface area contributed by atoms with Gasteiger partial charge in [-0.3, -0.25) is 15.5 Å². The summed E-state index contributed by atoms with van der Waals surface area (Å²) in [7, 11) is 0. The van der Waals surface area contributed by atoms with Crippen molar-refractivity contribution in [2.24, 2.45) is 4.99 Å². The van der Waals surface area contributed by atoms with Crippen LogP contribution in [0.25, 0.3) is 0 Å². The van der Waals surface area contributed by atoms with Crippen molar-refractivity contribution in [3.05, 3.63) is 18.3 Å². The summed E-state index contributed by atoms with van der Waals surface area (Å²) in [5.41, 5.74) is 2.44. The van der Waals surface area contributed by atoms with E-state index in [1.807, 2.05) is 5.48 Å². The van der Waals surface area contributed by atoms with Gasteiger partial charge in [-0.2, -0.15) is 0 Å². The normalized spacial score (nSPS) is 10.6. The number of hydrogen-bond donors (Lipinski definition) is 2. The lowest BCUT2D eigenvalue weighted by Gasteiger charge is -2.02. The van der Waals surface area contributed by atoms with Gasteiger partial charge in [0.05, 0.1) is 29.9 Å². The number of hydroxylamine groups is 1. The number of aliphatic imine (C=N–C) groups is 1. The highest BCUT2D eigenvalue weighted by Crippen LogP contribution is 2.19. The number of carbonyl (C=O) groups is 1. The zero-order chi connectivity index (χ0) is 13.2. The van der Waals surface area contributed by atoms with Crippen molar-refractivity contribution in [1.29, 1.82) is 0 Å². The van der Waals surface area contributed by atoms with Crippen LogP contribution in [-0.4, -0.2) is 34.9 Å². The number of nitrogens with one attached hydrogen (secondary N) is 1. The third-order valence-corrected chi connectivity index (χ3v) is 2.80. The lowest BCUT2D eigenvalue weighted by molar-refractivity contribution is -0.142. The number of nitrogens with zero attached hydrogens (tertiary/aromatic N) is 2. The topological polar surface area (TPSA) is 83.8 Å². The highest BCUT2D eigenvalue weighted by molar-refractivity contribution is 7.99. The van der Waals surface area contributed by atoms with Gasteiger partial charge in [-0.25, -0.2) is 9.98 Å². The van der Waals surface area contributed by atoms with Gasteiger partial charge in [0.25, 0.3) is 0 Å². The van der Waals surface area contributed by atoms with Crippen LogP contribution in [0, 0.1) is 0 Å². The fourth-order valence-corrected chi connectivity index (χ4v) is 1.88. The van der Waals surface area contributed by atoms with Crippen LogP contribution < -0.4 is 5.48 Å². The minimum Gasteiger partial charge on any atom is -0.466 e. The van der Waals surface area contributed by atoms with Crippen LogP contribution in [-0.2, 0) is 9.53 Å². The lowest BCUT2D eigenvalue weighted by atomic mass is 10.4. The summed E-state index contributed by atoms with van der Waals surface area (Å²) in [6.07, 6.45) is 3.11. The van der Waals surface area contributed by atoms with Crippen molar-refractivity contribution >= 4 is 29.8 Å². The van der Waals surface area contributed by atoms with Crippen LogP contribution in [0.15, 0.2) is 28.3 Å². The van der Waals surface area contributed by atoms with Gasteiger partial charge >= 0.3 is 5.97 Å². The molecule has 0 saturated carbocycles. The predicted octanol–water partition coefficient (Wildman–Crippen LogP) is 1.77. The molecular formula is C11H15N3O3S. The Labute approximate surface area is 109 Å². The molecule has 1 aromatic rings. The number of thioether (sulfide) groups is 1. The van der Waals surface area contributed by atoms with E-state index in [9.17, 15) is 4.79 Å². The van der Waals surface area contributed by atoms with Crippen LogP contribution >= 0.6 is 11.8 Å². The molecule has 98 valence electrons. The molecule has 6 nitrogen and oxygen atoms in total. The average molecular weight is 269 g/mol. The Bertz CT molecular complexity index is 395. The molecule has 0 bridgehead atoms. The number of pyridine rings is 1. The molecule has 1 heterocycles. The average Bonchev–Trinajstić information content (AvgIpc) is 2.38. The Balaban J connectivity index is 2.35. The standard InChI is InChI=1S/C11H15N3O3S/c1-2-17-11(15)5-6-18-10-4-3-9(7-12-10)13-8-14-16/h3-4,7-8,16H,2,5-6H2,1H3,(H,13,14). The molecule has 0 atom stereocenters. The quantitative estimate of drug-likeness (QED) is 0.258. The summed E-state index contributed by atoms with van der Waals surface area (Å²) in [4.78, 5) is 19.1. The molecule has 0 unspecified atom stereocenters. The van der Waals surface area contributed by atoms with Crippen LogP contribution in [0.4, 0.5) is 5.69 Å². The van der Waals surface area contributed by atoms with Crippen LogP contribution in [0.5, 0.6) is 0 Å². The van der Waals surface area contributed by atoms with E-state index < -0.39 is 0 Å². The zero-order valence-corrected chi connectivity index (χ0v) is 10.8. The maximum absolute atomic E-state index is 11.1. The molecule has 0 radical (unpaired) electrons. The predicted molar refractivity (Wildman–Crippen MR) is 69.3 cm³/mol. The first kappa shape index (κ1) is 14.5. The minimum absolute atomic E-state index is 0.194. The first-order chi connectivity index (χ1) is 8.76. The largest absolute Gasteiger partial charge is 0.466 e. The fourth-order valence-electron chi connectivity index (χ4n) is 1.11. The first-order valence-corrected chi connectivity index (χ1v) is 6.41. The van der Waals surface area contributed by atoms with Crippen molar-refractivity contribution in [2.45, 2.75) is 18.4 Å².